The van der Waals surface area contributed by atoms with Crippen molar-refractivity contribution in [2.75, 3.05) is 0 Å². The first-order valence-electron chi connectivity index (χ1n) is 9.26. The summed E-state index contributed by atoms with van der Waals surface area (Å²) in [6.45, 7) is 0.230. The Balaban J connectivity index is 1.48. The highest BCUT2D eigenvalue weighted by molar-refractivity contribution is 5.88. The van der Waals surface area contributed by atoms with E-state index in [1.165, 1.54) is 12.1 Å². The molecule has 2 aromatic rings. The maximum absolute atomic E-state index is 14.0. The molecule has 1 fully saturated rings. The van der Waals surface area contributed by atoms with Crippen molar-refractivity contribution in [1.29, 1.82) is 0 Å². The van der Waals surface area contributed by atoms with Crippen molar-refractivity contribution in [2.45, 2.75) is 38.0 Å². The molecule has 0 aromatic heterocycles. The molecule has 2 aliphatic rings. The molecule has 2 aliphatic heterocycles. The molecule has 0 saturated carbocycles. The zero-order chi connectivity index (χ0) is 19.7. The van der Waals surface area contributed by atoms with Crippen molar-refractivity contribution in [1.82, 2.24) is 4.90 Å². The van der Waals surface area contributed by atoms with Crippen molar-refractivity contribution >= 4 is 17.6 Å². The van der Waals surface area contributed by atoms with Gasteiger partial charge in [-0.15, -0.1) is 0 Å². The summed E-state index contributed by atoms with van der Waals surface area (Å²) in [5.74, 6) is -2.03. The van der Waals surface area contributed by atoms with Gasteiger partial charge in [0.15, 0.2) is 0 Å². The van der Waals surface area contributed by atoms with Gasteiger partial charge < -0.3 is 9.84 Å². The number of amides is 1. The van der Waals surface area contributed by atoms with E-state index in [1.54, 1.807) is 11.0 Å². The minimum atomic E-state index is -1.28. The molecule has 2 heterocycles. The molecule has 28 heavy (non-hydrogen) atoms. The molecule has 0 spiro atoms. The van der Waals surface area contributed by atoms with Gasteiger partial charge in [0.25, 0.3) is 0 Å². The van der Waals surface area contributed by atoms with Gasteiger partial charge in [-0.05, 0) is 48.1 Å². The Kier molecular flexibility index (Phi) is 4.86. The molecule has 6 heteroatoms. The van der Waals surface area contributed by atoms with E-state index in [0.717, 1.165) is 24.0 Å². The minimum absolute atomic E-state index is 0.00971. The van der Waals surface area contributed by atoms with E-state index >= 15 is 0 Å². The van der Waals surface area contributed by atoms with Crippen LogP contribution in [0.1, 0.15) is 40.7 Å². The van der Waals surface area contributed by atoms with Gasteiger partial charge >= 0.3 is 12.1 Å². The van der Waals surface area contributed by atoms with Gasteiger partial charge in [0, 0.05) is 6.04 Å². The Bertz CT molecular complexity index is 941. The van der Waals surface area contributed by atoms with Gasteiger partial charge in [0.2, 0.25) is 0 Å². The summed E-state index contributed by atoms with van der Waals surface area (Å²) in [5, 5.41) is 8.98. The predicted octanol–water partition coefficient (Wildman–Crippen LogP) is 4.48. The largest absolute Gasteiger partial charge is 0.478 e. The normalized spacial score (nSPS) is 20.6. The summed E-state index contributed by atoms with van der Waals surface area (Å²) in [6.07, 6.45) is 3.94. The first-order valence-corrected chi connectivity index (χ1v) is 9.26. The van der Waals surface area contributed by atoms with Crippen LogP contribution in [-0.4, -0.2) is 34.2 Å². The average molecular weight is 381 g/mol. The molecule has 1 N–H and O–H groups in total. The number of ether oxygens (including phenoxy) is 1. The number of rotatable bonds is 4. The number of carboxylic acids is 1. The molecule has 4 rings (SSSR count). The molecule has 2 aromatic carbocycles. The van der Waals surface area contributed by atoms with E-state index in [0.29, 0.717) is 12.0 Å². The fraction of sp³-hybridized carbons (Fsp3) is 0.273. The lowest BCUT2D eigenvalue weighted by atomic mass is 9.94. The maximum atomic E-state index is 14.0. The summed E-state index contributed by atoms with van der Waals surface area (Å²) in [7, 11) is 0. The third-order valence-corrected chi connectivity index (χ3v) is 5.38. The fourth-order valence-electron chi connectivity index (χ4n) is 4.01. The lowest BCUT2D eigenvalue weighted by Crippen LogP contribution is -2.43. The number of benzene rings is 2. The van der Waals surface area contributed by atoms with Crippen molar-refractivity contribution in [3.63, 3.8) is 0 Å². The predicted molar refractivity (Wildman–Crippen MR) is 101 cm³/mol. The Morgan fingerprint density at radius 3 is 2.61 bits per heavy atom. The first-order chi connectivity index (χ1) is 13.5. The highest BCUT2D eigenvalue weighted by atomic mass is 19.1. The van der Waals surface area contributed by atoms with Gasteiger partial charge in [0.1, 0.15) is 12.4 Å². The van der Waals surface area contributed by atoms with Crippen molar-refractivity contribution < 1.29 is 23.8 Å². The lowest BCUT2D eigenvalue weighted by Gasteiger charge is -2.33. The number of carbonyl (C=O) groups is 2. The molecule has 144 valence electrons. The number of carbonyl (C=O) groups excluding carboxylic acids is 1. The topological polar surface area (TPSA) is 66.8 Å². The van der Waals surface area contributed by atoms with Crippen LogP contribution >= 0.6 is 0 Å². The van der Waals surface area contributed by atoms with Crippen molar-refractivity contribution in [2.24, 2.45) is 0 Å². The fourth-order valence-corrected chi connectivity index (χ4v) is 4.01. The standard InChI is InChI=1S/C22H20FNO4/c23-20-12-15(6-9-19(20)21(25)26)16-10-17-7-8-18(11-16)24(17)22(27)28-13-14-4-2-1-3-5-14/h1-6,9-10,12,17-18H,7-8,11,13H2,(H,25,26). The van der Waals surface area contributed by atoms with Crippen molar-refractivity contribution in [3.8, 4) is 0 Å². The SMILES string of the molecule is O=C(O)c1ccc(C2=CC3CCC(C2)N3C(=O)OCc2ccccc2)cc1F. The molecule has 0 aliphatic carbocycles. The van der Waals surface area contributed by atoms with Gasteiger partial charge in [-0.25, -0.2) is 14.0 Å². The molecule has 2 atom stereocenters. The number of hydrogen-bond acceptors (Lipinski definition) is 3. The summed E-state index contributed by atoms with van der Waals surface area (Å²) in [4.78, 5) is 25.4. The molecule has 0 radical (unpaired) electrons. The van der Waals surface area contributed by atoms with Crippen LogP contribution in [0.15, 0.2) is 54.6 Å². The number of halogens is 1. The number of fused-ring (bicyclic) bond motifs is 2. The third-order valence-electron chi connectivity index (χ3n) is 5.38. The number of nitrogens with zero attached hydrogens (tertiary/aromatic N) is 1. The smallest absolute Gasteiger partial charge is 0.410 e. The Morgan fingerprint density at radius 2 is 1.93 bits per heavy atom. The van der Waals surface area contributed by atoms with Crippen LogP contribution in [0.5, 0.6) is 0 Å². The Hall–Kier alpha value is -3.15. The molecule has 5 nitrogen and oxygen atoms in total. The highest BCUT2D eigenvalue weighted by Crippen LogP contribution is 2.39. The van der Waals surface area contributed by atoms with Crippen LogP contribution < -0.4 is 0 Å². The molecule has 2 bridgehead atoms. The van der Waals surface area contributed by atoms with Crippen LogP contribution in [0.25, 0.3) is 5.57 Å². The van der Waals surface area contributed by atoms with Crippen LogP contribution in [-0.2, 0) is 11.3 Å². The van der Waals surface area contributed by atoms with Crippen LogP contribution in [0.3, 0.4) is 0 Å². The van der Waals surface area contributed by atoms with Gasteiger partial charge in [-0.3, -0.25) is 4.90 Å². The van der Waals surface area contributed by atoms with Crippen molar-refractivity contribution in [3.05, 3.63) is 77.1 Å². The monoisotopic (exact) mass is 381 g/mol. The van der Waals surface area contributed by atoms with Gasteiger partial charge in [0.05, 0.1) is 11.6 Å². The molecular weight excluding hydrogens is 361 g/mol. The van der Waals surface area contributed by atoms with Crippen LogP contribution in [0.2, 0.25) is 0 Å². The quantitative estimate of drug-likeness (QED) is 0.848. The zero-order valence-electron chi connectivity index (χ0n) is 15.2. The summed E-state index contributed by atoms with van der Waals surface area (Å²) in [6, 6.07) is 13.6. The second kappa shape index (κ2) is 7.46. The van der Waals surface area contributed by atoms with E-state index in [2.05, 4.69) is 0 Å². The van der Waals surface area contributed by atoms with Gasteiger partial charge in [-0.2, -0.15) is 0 Å². The molecule has 1 amide bonds. The molecule has 2 unspecified atom stereocenters. The van der Waals surface area contributed by atoms with E-state index in [-0.39, 0.29) is 30.3 Å². The van der Waals surface area contributed by atoms with Gasteiger partial charge in [-0.1, -0.05) is 42.5 Å². The third kappa shape index (κ3) is 3.50. The van der Waals surface area contributed by atoms with E-state index < -0.39 is 11.8 Å². The van der Waals surface area contributed by atoms with E-state index in [1.807, 2.05) is 36.4 Å². The maximum Gasteiger partial charge on any atom is 0.410 e. The summed E-state index contributed by atoms with van der Waals surface area (Å²) >= 11 is 0. The van der Waals surface area contributed by atoms with E-state index in [4.69, 9.17) is 9.84 Å². The van der Waals surface area contributed by atoms with Crippen LogP contribution in [0, 0.1) is 5.82 Å². The number of aromatic carboxylic acids is 1. The summed E-state index contributed by atoms with van der Waals surface area (Å²) in [5.41, 5.74) is 2.20. The van der Waals surface area contributed by atoms with E-state index in [9.17, 15) is 14.0 Å². The average Bonchev–Trinajstić information content (AvgIpc) is 2.96. The highest BCUT2D eigenvalue weighted by Gasteiger charge is 2.40. The molecular formula is C22H20FNO4. The zero-order valence-corrected chi connectivity index (χ0v) is 15.2. The Morgan fingerprint density at radius 1 is 1.14 bits per heavy atom. The minimum Gasteiger partial charge on any atom is -0.478 e. The summed E-state index contributed by atoms with van der Waals surface area (Å²) < 4.78 is 19.5. The number of carboxylic acid groups (broad SMARTS) is 1. The second-order valence-corrected chi connectivity index (χ2v) is 7.14. The molecule has 1 saturated heterocycles. The second-order valence-electron chi connectivity index (χ2n) is 7.14. The van der Waals surface area contributed by atoms with Crippen LogP contribution in [0.4, 0.5) is 9.18 Å². The Labute approximate surface area is 162 Å². The number of hydrogen-bond donors (Lipinski definition) is 1. The first kappa shape index (κ1) is 18.2. The lowest BCUT2D eigenvalue weighted by molar-refractivity contribution is 0.0691.